The number of anilines is 2. The molecular formula is C27H28F2N8. The van der Waals surface area contributed by atoms with Gasteiger partial charge in [0.15, 0.2) is 17.5 Å². The van der Waals surface area contributed by atoms with Gasteiger partial charge in [-0.1, -0.05) is 6.42 Å². The molecule has 4 aromatic heterocycles. The Morgan fingerprint density at radius 3 is 2.62 bits per heavy atom. The van der Waals surface area contributed by atoms with Crippen LogP contribution < -0.4 is 16.0 Å². The van der Waals surface area contributed by atoms with Crippen LogP contribution in [0.5, 0.6) is 0 Å². The maximum absolute atomic E-state index is 14.1. The summed E-state index contributed by atoms with van der Waals surface area (Å²) < 4.78 is 27.4. The Kier molecular flexibility index (Phi) is 6.67. The molecule has 0 atom stereocenters. The first-order chi connectivity index (χ1) is 18.1. The highest BCUT2D eigenvalue weighted by Gasteiger charge is 2.25. The number of aromatic nitrogens is 5. The van der Waals surface area contributed by atoms with E-state index in [2.05, 4.69) is 30.9 Å². The van der Waals surface area contributed by atoms with Gasteiger partial charge in [-0.15, -0.1) is 0 Å². The molecule has 1 saturated carbocycles. The largest absolute Gasteiger partial charge is 0.322 e. The molecule has 10 heteroatoms. The lowest BCUT2D eigenvalue weighted by Gasteiger charge is -2.28. The Labute approximate surface area is 213 Å². The van der Waals surface area contributed by atoms with Gasteiger partial charge in [-0.25, -0.2) is 28.7 Å². The van der Waals surface area contributed by atoms with Crippen molar-refractivity contribution in [3.05, 3.63) is 65.9 Å². The Morgan fingerprint density at radius 1 is 0.973 bits per heavy atom. The first-order valence-electron chi connectivity index (χ1n) is 12.8. The maximum atomic E-state index is 14.1. The smallest absolute Gasteiger partial charge is 0.168 e. The van der Waals surface area contributed by atoms with Gasteiger partial charge in [0, 0.05) is 42.0 Å². The Morgan fingerprint density at radius 2 is 1.84 bits per heavy atom. The van der Waals surface area contributed by atoms with Crippen LogP contribution in [-0.2, 0) is 6.54 Å². The third kappa shape index (κ3) is 5.12. The quantitative estimate of drug-likeness (QED) is 0.337. The van der Waals surface area contributed by atoms with Crippen LogP contribution in [0.1, 0.15) is 49.3 Å². The van der Waals surface area contributed by atoms with Crippen molar-refractivity contribution in [3.63, 3.8) is 0 Å². The van der Waals surface area contributed by atoms with E-state index in [1.54, 1.807) is 18.5 Å². The third-order valence-corrected chi connectivity index (χ3v) is 7.23. The molecule has 0 aromatic carbocycles. The van der Waals surface area contributed by atoms with E-state index in [1.165, 1.54) is 12.0 Å². The molecule has 190 valence electrons. The van der Waals surface area contributed by atoms with Crippen molar-refractivity contribution in [3.8, 4) is 11.4 Å². The highest BCUT2D eigenvalue weighted by atomic mass is 19.1. The molecule has 2 fully saturated rings. The minimum atomic E-state index is -0.796. The van der Waals surface area contributed by atoms with Crippen LogP contribution in [0.4, 0.5) is 20.4 Å². The number of pyridine rings is 3. The van der Waals surface area contributed by atoms with Crippen LogP contribution in [0.3, 0.4) is 0 Å². The fraction of sp³-hybridized carbons (Fsp3) is 0.370. The average Bonchev–Trinajstić information content (AvgIpc) is 2.89. The molecule has 0 radical (unpaired) electrons. The third-order valence-electron chi connectivity index (χ3n) is 7.23. The summed E-state index contributed by atoms with van der Waals surface area (Å²) in [6.07, 6.45) is 12.1. The molecule has 1 aliphatic heterocycles. The van der Waals surface area contributed by atoms with Gasteiger partial charge in [-0.05, 0) is 62.4 Å². The number of fused-ring (bicyclic) bond motifs is 1. The number of hydrogen-bond acceptors (Lipinski definition) is 8. The van der Waals surface area contributed by atoms with Crippen molar-refractivity contribution >= 4 is 22.5 Å². The number of rotatable bonds is 7. The summed E-state index contributed by atoms with van der Waals surface area (Å²) in [6, 6.07) is 4.77. The number of nitrogens with zero attached hydrogens (tertiary/aromatic N) is 5. The molecule has 6 rings (SSSR count). The minimum Gasteiger partial charge on any atom is -0.322 e. The van der Waals surface area contributed by atoms with Gasteiger partial charge in [0.05, 0.1) is 23.6 Å². The Bertz CT molecular complexity index is 1420. The average molecular weight is 503 g/mol. The van der Waals surface area contributed by atoms with Gasteiger partial charge < -0.3 is 16.0 Å². The molecule has 3 N–H and O–H groups in total. The SMILES string of the molecule is Fc1cnc(Nc2cc(-c3nc(CNC4CCNCC4)c4c(C5CCC5)cncc4n3)ccn2)c(F)c1. The van der Waals surface area contributed by atoms with Crippen molar-refractivity contribution in [2.45, 2.75) is 50.6 Å². The second-order valence-electron chi connectivity index (χ2n) is 9.69. The monoisotopic (exact) mass is 502 g/mol. The zero-order chi connectivity index (χ0) is 25.2. The number of hydrogen-bond donors (Lipinski definition) is 3. The highest BCUT2D eigenvalue weighted by Crippen LogP contribution is 2.40. The van der Waals surface area contributed by atoms with E-state index in [0.29, 0.717) is 30.1 Å². The summed E-state index contributed by atoms with van der Waals surface area (Å²) in [5.74, 6) is -0.246. The molecule has 0 unspecified atom stereocenters. The van der Waals surface area contributed by atoms with Gasteiger partial charge in [0.25, 0.3) is 0 Å². The van der Waals surface area contributed by atoms with Crippen LogP contribution in [-0.4, -0.2) is 44.1 Å². The number of piperidine rings is 1. The standard InChI is InChI=1S/C27H28F2N8/c28-18-11-21(29)27(34-12-18)37-24-10-17(4-9-32-24)26-35-22-14-31-13-20(16-2-1-3-16)25(22)23(36-26)15-33-19-5-7-30-8-6-19/h4,9-14,16,19,30,33H,1-3,5-8,15H2,(H,32,34,37). The van der Waals surface area contributed by atoms with Crippen molar-refractivity contribution < 1.29 is 8.78 Å². The number of halogens is 2. The lowest BCUT2D eigenvalue weighted by molar-refractivity contribution is 0.385. The van der Waals surface area contributed by atoms with E-state index in [-0.39, 0.29) is 5.82 Å². The topological polar surface area (TPSA) is 101 Å². The molecular weight excluding hydrogens is 474 g/mol. The molecule has 8 nitrogen and oxygen atoms in total. The fourth-order valence-electron chi connectivity index (χ4n) is 5.01. The van der Waals surface area contributed by atoms with E-state index in [9.17, 15) is 8.78 Å². The summed E-state index contributed by atoms with van der Waals surface area (Å²) in [7, 11) is 0. The summed E-state index contributed by atoms with van der Waals surface area (Å²) in [6.45, 7) is 2.67. The molecule has 5 heterocycles. The first kappa shape index (κ1) is 23.7. The summed E-state index contributed by atoms with van der Waals surface area (Å²) in [4.78, 5) is 22.5. The van der Waals surface area contributed by atoms with Crippen LogP contribution in [0.15, 0.2) is 43.0 Å². The predicted octanol–water partition coefficient (Wildman–Crippen LogP) is 4.61. The Balaban J connectivity index is 1.36. The second kappa shape index (κ2) is 10.4. The summed E-state index contributed by atoms with van der Waals surface area (Å²) >= 11 is 0. The molecule has 2 aliphatic rings. The van der Waals surface area contributed by atoms with Crippen LogP contribution in [0, 0.1) is 11.6 Å². The van der Waals surface area contributed by atoms with E-state index in [4.69, 9.17) is 9.97 Å². The van der Waals surface area contributed by atoms with E-state index in [1.807, 2.05) is 12.3 Å². The van der Waals surface area contributed by atoms with Crippen molar-refractivity contribution in [1.82, 2.24) is 35.6 Å². The lowest BCUT2D eigenvalue weighted by atomic mass is 9.79. The lowest BCUT2D eigenvalue weighted by Crippen LogP contribution is -2.39. The zero-order valence-electron chi connectivity index (χ0n) is 20.3. The van der Waals surface area contributed by atoms with Crippen molar-refractivity contribution in [2.24, 2.45) is 0 Å². The maximum Gasteiger partial charge on any atom is 0.168 e. The van der Waals surface area contributed by atoms with E-state index in [0.717, 1.165) is 73.2 Å². The molecule has 0 amide bonds. The molecule has 37 heavy (non-hydrogen) atoms. The van der Waals surface area contributed by atoms with E-state index < -0.39 is 11.6 Å². The van der Waals surface area contributed by atoms with Gasteiger partial charge >= 0.3 is 0 Å². The predicted molar refractivity (Wildman–Crippen MR) is 137 cm³/mol. The van der Waals surface area contributed by atoms with Gasteiger partial charge in [0.1, 0.15) is 11.6 Å². The summed E-state index contributed by atoms with van der Waals surface area (Å²) in [5, 5.41) is 11.0. The van der Waals surface area contributed by atoms with Gasteiger partial charge in [-0.2, -0.15) is 0 Å². The van der Waals surface area contributed by atoms with E-state index >= 15 is 0 Å². The second-order valence-corrected chi connectivity index (χ2v) is 9.69. The van der Waals surface area contributed by atoms with Crippen LogP contribution in [0.2, 0.25) is 0 Å². The van der Waals surface area contributed by atoms with Gasteiger partial charge in [-0.3, -0.25) is 4.98 Å². The van der Waals surface area contributed by atoms with Crippen molar-refractivity contribution in [2.75, 3.05) is 18.4 Å². The van der Waals surface area contributed by atoms with Crippen molar-refractivity contribution in [1.29, 1.82) is 0 Å². The zero-order valence-corrected chi connectivity index (χ0v) is 20.3. The molecule has 0 bridgehead atoms. The molecule has 1 saturated heterocycles. The van der Waals surface area contributed by atoms with Gasteiger partial charge in [0.2, 0.25) is 0 Å². The first-order valence-corrected chi connectivity index (χ1v) is 12.8. The molecule has 4 aromatic rings. The normalized spacial score (nSPS) is 16.6. The Hall–Kier alpha value is -3.63. The molecule has 0 spiro atoms. The number of nitrogens with one attached hydrogen (secondary N) is 3. The summed E-state index contributed by atoms with van der Waals surface area (Å²) in [5.41, 5.74) is 3.72. The van der Waals surface area contributed by atoms with Crippen LogP contribution in [0.25, 0.3) is 22.3 Å². The minimum absolute atomic E-state index is 0.105. The fourth-order valence-corrected chi connectivity index (χ4v) is 5.01. The molecule has 1 aliphatic carbocycles. The highest BCUT2D eigenvalue weighted by molar-refractivity contribution is 5.86. The van der Waals surface area contributed by atoms with Crippen LogP contribution >= 0.6 is 0 Å².